The number of halogens is 1. The van der Waals surface area contributed by atoms with Crippen LogP contribution in [-0.4, -0.2) is 0 Å². The topological polar surface area (TPSA) is 0 Å². The molecule has 0 aliphatic carbocycles. The maximum atomic E-state index is 14.1. The molecule has 0 N–H and O–H groups in total. The van der Waals surface area contributed by atoms with Crippen molar-refractivity contribution in [2.75, 3.05) is 0 Å². The fraction of sp³-hybridized carbons (Fsp3) is 0.167. The first-order chi connectivity index (χ1) is 12.2. The average molecular weight is 328 g/mol. The summed E-state index contributed by atoms with van der Waals surface area (Å²) in [4.78, 5) is 0. The summed E-state index contributed by atoms with van der Waals surface area (Å²) in [7, 11) is 0. The van der Waals surface area contributed by atoms with Crippen LogP contribution < -0.4 is 0 Å². The number of rotatable bonds is 3. The fourth-order valence-corrected chi connectivity index (χ4v) is 2.79. The summed E-state index contributed by atoms with van der Waals surface area (Å²) >= 11 is 0. The van der Waals surface area contributed by atoms with E-state index >= 15 is 0 Å². The molecule has 0 radical (unpaired) electrons. The molecule has 0 atom stereocenters. The van der Waals surface area contributed by atoms with Crippen LogP contribution in [0.15, 0.2) is 66.7 Å². The molecule has 3 aromatic carbocycles. The first kappa shape index (κ1) is 17.0. The molecule has 124 valence electrons. The predicted molar refractivity (Wildman–Crippen MR) is 104 cm³/mol. The van der Waals surface area contributed by atoms with Crippen LogP contribution in [-0.2, 0) is 6.42 Å². The highest BCUT2D eigenvalue weighted by Crippen LogP contribution is 2.21. The minimum Gasteiger partial charge on any atom is -0.206 e. The van der Waals surface area contributed by atoms with Crippen LogP contribution in [0.4, 0.5) is 4.39 Å². The number of hydrogen-bond acceptors (Lipinski definition) is 0. The smallest absolute Gasteiger partial charge is 0.133 e. The van der Waals surface area contributed by atoms with Crippen molar-refractivity contribution in [3.63, 3.8) is 0 Å². The van der Waals surface area contributed by atoms with Crippen LogP contribution in [0.1, 0.15) is 35.6 Å². The summed E-state index contributed by atoms with van der Waals surface area (Å²) in [5.41, 5.74) is 3.87. The molecule has 0 fully saturated rings. The minimum atomic E-state index is -0.148. The fourth-order valence-electron chi connectivity index (χ4n) is 2.79. The number of aryl methyl sites for hydroxylation is 2. The van der Waals surface area contributed by atoms with Gasteiger partial charge in [-0.05, 0) is 67.5 Å². The number of hydrogen-bond donors (Lipinski definition) is 0. The summed E-state index contributed by atoms with van der Waals surface area (Å²) in [5, 5.41) is 1.53. The van der Waals surface area contributed by atoms with E-state index in [-0.39, 0.29) is 5.82 Å². The Balaban J connectivity index is 1.79. The zero-order valence-electron chi connectivity index (χ0n) is 14.6. The molecule has 3 rings (SSSR count). The van der Waals surface area contributed by atoms with Crippen molar-refractivity contribution in [2.45, 2.75) is 26.7 Å². The molecule has 0 aliphatic rings. The summed E-state index contributed by atoms with van der Waals surface area (Å²) in [5.74, 6) is 6.22. The standard InChI is InChI=1S/C24H21F/c1-3-4-5-6-19-8-10-20(11-9-19)12-13-21-14-16-23-22(17-21)15-7-18(2)24(23)25/h3-4,7-11,14-17H,5-6H2,1-2H3/b4-3+. The monoisotopic (exact) mass is 328 g/mol. The van der Waals surface area contributed by atoms with Gasteiger partial charge in [-0.15, -0.1) is 0 Å². The first-order valence-electron chi connectivity index (χ1n) is 8.58. The maximum Gasteiger partial charge on any atom is 0.133 e. The second kappa shape index (κ2) is 7.81. The van der Waals surface area contributed by atoms with E-state index in [1.807, 2.05) is 31.2 Å². The van der Waals surface area contributed by atoms with Crippen molar-refractivity contribution >= 4 is 10.8 Å². The summed E-state index contributed by atoms with van der Waals surface area (Å²) in [6, 6.07) is 17.8. The minimum absolute atomic E-state index is 0.148. The zero-order valence-corrected chi connectivity index (χ0v) is 14.6. The van der Waals surface area contributed by atoms with E-state index in [1.54, 1.807) is 13.0 Å². The van der Waals surface area contributed by atoms with Crippen LogP contribution in [0, 0.1) is 24.6 Å². The largest absolute Gasteiger partial charge is 0.206 e. The molecule has 25 heavy (non-hydrogen) atoms. The molecule has 0 nitrogen and oxygen atoms in total. The Bertz CT molecular complexity index is 967. The molecule has 0 saturated heterocycles. The molecule has 0 aromatic heterocycles. The van der Waals surface area contributed by atoms with Crippen LogP contribution >= 0.6 is 0 Å². The van der Waals surface area contributed by atoms with Gasteiger partial charge in [-0.25, -0.2) is 4.39 Å². The Kier molecular flexibility index (Phi) is 5.31. The molecule has 0 bridgehead atoms. The van der Waals surface area contributed by atoms with Gasteiger partial charge in [0.1, 0.15) is 5.82 Å². The van der Waals surface area contributed by atoms with E-state index < -0.39 is 0 Å². The van der Waals surface area contributed by atoms with Crippen molar-refractivity contribution in [1.82, 2.24) is 0 Å². The molecule has 0 heterocycles. The van der Waals surface area contributed by atoms with Gasteiger partial charge >= 0.3 is 0 Å². The maximum absolute atomic E-state index is 14.1. The lowest BCUT2D eigenvalue weighted by molar-refractivity contribution is 0.631. The molecule has 1 heteroatoms. The summed E-state index contributed by atoms with van der Waals surface area (Å²) in [6.45, 7) is 3.83. The SMILES string of the molecule is C/C=C/CCc1ccc(C#Cc2ccc3c(F)c(C)ccc3c2)cc1. The Labute approximate surface area is 149 Å². The highest BCUT2D eigenvalue weighted by Gasteiger charge is 2.03. The van der Waals surface area contributed by atoms with Crippen molar-refractivity contribution in [3.05, 3.63) is 94.8 Å². The normalized spacial score (nSPS) is 10.8. The van der Waals surface area contributed by atoms with E-state index in [0.717, 1.165) is 29.4 Å². The lowest BCUT2D eigenvalue weighted by atomic mass is 10.0. The number of fused-ring (bicyclic) bond motifs is 1. The Morgan fingerprint density at radius 3 is 2.40 bits per heavy atom. The number of benzene rings is 3. The number of allylic oxidation sites excluding steroid dienone is 2. The Morgan fingerprint density at radius 2 is 1.64 bits per heavy atom. The third kappa shape index (κ3) is 4.17. The molecular formula is C24H21F. The van der Waals surface area contributed by atoms with E-state index in [2.05, 4.69) is 48.3 Å². The van der Waals surface area contributed by atoms with Crippen LogP contribution in [0.5, 0.6) is 0 Å². The van der Waals surface area contributed by atoms with Gasteiger partial charge in [-0.2, -0.15) is 0 Å². The van der Waals surface area contributed by atoms with E-state index in [9.17, 15) is 4.39 Å². The van der Waals surface area contributed by atoms with E-state index in [4.69, 9.17) is 0 Å². The van der Waals surface area contributed by atoms with Gasteiger partial charge in [0.05, 0.1) is 0 Å². The summed E-state index contributed by atoms with van der Waals surface area (Å²) in [6.07, 6.45) is 6.37. The lowest BCUT2D eigenvalue weighted by Crippen LogP contribution is -1.86. The van der Waals surface area contributed by atoms with Gasteiger partial charge in [0.15, 0.2) is 0 Å². The molecule has 0 amide bonds. The third-order valence-corrected chi connectivity index (χ3v) is 4.29. The highest BCUT2D eigenvalue weighted by molar-refractivity contribution is 5.85. The molecule has 0 unspecified atom stereocenters. The van der Waals surface area contributed by atoms with Gasteiger partial charge < -0.3 is 0 Å². The second-order valence-corrected chi connectivity index (χ2v) is 6.19. The van der Waals surface area contributed by atoms with Crippen LogP contribution in [0.25, 0.3) is 10.8 Å². The summed E-state index contributed by atoms with van der Waals surface area (Å²) < 4.78 is 14.1. The molecule has 3 aromatic rings. The van der Waals surface area contributed by atoms with E-state index in [0.29, 0.717) is 10.9 Å². The van der Waals surface area contributed by atoms with Gasteiger partial charge in [0, 0.05) is 16.5 Å². The lowest BCUT2D eigenvalue weighted by Gasteiger charge is -2.03. The van der Waals surface area contributed by atoms with Gasteiger partial charge in [0.2, 0.25) is 0 Å². The Morgan fingerprint density at radius 1 is 0.920 bits per heavy atom. The zero-order chi connectivity index (χ0) is 17.6. The molecule has 0 spiro atoms. The quantitative estimate of drug-likeness (QED) is 0.397. The molecular weight excluding hydrogens is 307 g/mol. The Hall–Kier alpha value is -2.85. The van der Waals surface area contributed by atoms with Gasteiger partial charge in [-0.1, -0.05) is 54.3 Å². The van der Waals surface area contributed by atoms with Gasteiger partial charge in [-0.3, -0.25) is 0 Å². The van der Waals surface area contributed by atoms with Crippen molar-refractivity contribution in [3.8, 4) is 11.8 Å². The van der Waals surface area contributed by atoms with Crippen molar-refractivity contribution < 1.29 is 4.39 Å². The predicted octanol–water partition coefficient (Wildman–Crippen LogP) is 6.20. The van der Waals surface area contributed by atoms with Crippen LogP contribution in [0.3, 0.4) is 0 Å². The molecule has 0 saturated carbocycles. The second-order valence-electron chi connectivity index (χ2n) is 6.19. The van der Waals surface area contributed by atoms with Crippen molar-refractivity contribution in [1.29, 1.82) is 0 Å². The van der Waals surface area contributed by atoms with Crippen molar-refractivity contribution in [2.24, 2.45) is 0 Å². The average Bonchev–Trinajstić information content (AvgIpc) is 2.64. The van der Waals surface area contributed by atoms with E-state index in [1.165, 1.54) is 5.56 Å². The highest BCUT2D eigenvalue weighted by atomic mass is 19.1. The molecule has 0 aliphatic heterocycles. The van der Waals surface area contributed by atoms with Crippen LogP contribution in [0.2, 0.25) is 0 Å². The third-order valence-electron chi connectivity index (χ3n) is 4.29. The van der Waals surface area contributed by atoms with Gasteiger partial charge in [0.25, 0.3) is 0 Å². The first-order valence-corrected chi connectivity index (χ1v) is 8.58.